The van der Waals surface area contributed by atoms with Gasteiger partial charge in [0.2, 0.25) is 0 Å². The molecular weight excluding hydrogens is 461 g/mol. The summed E-state index contributed by atoms with van der Waals surface area (Å²) >= 11 is 0. The molecule has 0 fully saturated rings. The molecule has 0 aliphatic rings. The number of carbonyl (C=O) groups excluding carboxylic acids is 1. The van der Waals surface area contributed by atoms with E-state index in [4.69, 9.17) is 14.9 Å². The number of benzene rings is 3. The molecule has 5 aromatic rings. The molecule has 0 saturated carbocycles. The Morgan fingerprint density at radius 2 is 1.92 bits per heavy atom. The summed E-state index contributed by atoms with van der Waals surface area (Å²) in [4.78, 5) is 25.3. The van der Waals surface area contributed by atoms with E-state index in [0.29, 0.717) is 27.9 Å². The standard InChI is InChI=1S/C28H24FN3O4/c1-14-9-20(16(3)35-24-8-6-19(29)12-21(24)28(30)34)27-22(10-14)25(33)15(2)26(36-27)17-5-7-23-18(11-17)13-32(4)31-23/h5-13,16H,1-4H3,(H2,30,34)/t16-/m1/s1. The average Bonchev–Trinajstić information content (AvgIpc) is 3.21. The maximum absolute atomic E-state index is 13.7. The van der Waals surface area contributed by atoms with Gasteiger partial charge in [0.1, 0.15) is 29.0 Å². The van der Waals surface area contributed by atoms with Crippen molar-refractivity contribution in [1.82, 2.24) is 9.78 Å². The van der Waals surface area contributed by atoms with Gasteiger partial charge < -0.3 is 14.9 Å². The van der Waals surface area contributed by atoms with Gasteiger partial charge in [-0.15, -0.1) is 0 Å². The summed E-state index contributed by atoms with van der Waals surface area (Å²) in [6.07, 6.45) is 1.26. The Morgan fingerprint density at radius 1 is 1.14 bits per heavy atom. The van der Waals surface area contributed by atoms with Crippen LogP contribution in [0.4, 0.5) is 4.39 Å². The summed E-state index contributed by atoms with van der Waals surface area (Å²) in [7, 11) is 1.85. The Kier molecular flexibility index (Phi) is 5.59. The Morgan fingerprint density at radius 3 is 2.67 bits per heavy atom. The Balaban J connectivity index is 1.67. The van der Waals surface area contributed by atoms with Gasteiger partial charge in [0.15, 0.2) is 5.43 Å². The molecule has 0 aliphatic carbocycles. The number of nitrogens with two attached hydrogens (primary N) is 1. The molecule has 0 bridgehead atoms. The molecule has 2 aromatic heterocycles. The van der Waals surface area contributed by atoms with Gasteiger partial charge in [-0.2, -0.15) is 5.10 Å². The molecule has 1 atom stereocenters. The Bertz CT molecular complexity index is 1740. The van der Waals surface area contributed by atoms with Gasteiger partial charge in [-0.3, -0.25) is 14.3 Å². The van der Waals surface area contributed by atoms with Crippen LogP contribution >= 0.6 is 0 Å². The molecule has 2 heterocycles. The predicted octanol–water partition coefficient (Wildman–Crippen LogP) is 5.34. The minimum atomic E-state index is -0.805. The number of fused-ring (bicyclic) bond motifs is 2. The van der Waals surface area contributed by atoms with Crippen LogP contribution < -0.4 is 15.9 Å². The molecule has 5 rings (SSSR count). The summed E-state index contributed by atoms with van der Waals surface area (Å²) < 4.78 is 27.9. The zero-order chi connectivity index (χ0) is 25.7. The van der Waals surface area contributed by atoms with Crippen LogP contribution in [0.3, 0.4) is 0 Å². The molecule has 7 nitrogen and oxygen atoms in total. The van der Waals surface area contributed by atoms with E-state index in [2.05, 4.69) is 5.10 Å². The first-order valence-electron chi connectivity index (χ1n) is 11.4. The van der Waals surface area contributed by atoms with Crippen molar-refractivity contribution in [2.24, 2.45) is 12.8 Å². The third kappa shape index (κ3) is 4.00. The van der Waals surface area contributed by atoms with Crippen molar-refractivity contribution in [2.45, 2.75) is 26.9 Å². The van der Waals surface area contributed by atoms with Crippen LogP contribution in [0.1, 0.15) is 40.1 Å². The first kappa shape index (κ1) is 23.3. The van der Waals surface area contributed by atoms with Gasteiger partial charge in [0.05, 0.1) is 16.5 Å². The van der Waals surface area contributed by atoms with Gasteiger partial charge in [0, 0.05) is 35.3 Å². The van der Waals surface area contributed by atoms with Crippen molar-refractivity contribution in [3.05, 3.63) is 93.0 Å². The molecule has 0 radical (unpaired) electrons. The van der Waals surface area contributed by atoms with Gasteiger partial charge in [-0.1, -0.05) is 0 Å². The Hall–Kier alpha value is -4.46. The summed E-state index contributed by atoms with van der Waals surface area (Å²) in [6, 6.07) is 12.9. The SMILES string of the molecule is Cc1cc([C@@H](C)Oc2ccc(F)cc2C(N)=O)c2oc(-c3ccc4nn(C)cc4c3)c(C)c(=O)c2c1. The van der Waals surface area contributed by atoms with Crippen LogP contribution in [0.5, 0.6) is 5.75 Å². The summed E-state index contributed by atoms with van der Waals surface area (Å²) in [6.45, 7) is 5.39. The first-order chi connectivity index (χ1) is 17.1. The van der Waals surface area contributed by atoms with Crippen molar-refractivity contribution in [1.29, 1.82) is 0 Å². The highest BCUT2D eigenvalue weighted by molar-refractivity contribution is 5.95. The molecular formula is C28H24FN3O4. The van der Waals surface area contributed by atoms with Crippen LogP contribution in [0.2, 0.25) is 0 Å². The fourth-order valence-corrected chi connectivity index (χ4v) is 4.49. The summed E-state index contributed by atoms with van der Waals surface area (Å²) in [5.41, 5.74) is 9.14. The fraction of sp³-hybridized carbons (Fsp3) is 0.179. The van der Waals surface area contributed by atoms with Crippen LogP contribution in [0.15, 0.2) is 63.9 Å². The smallest absolute Gasteiger partial charge is 0.252 e. The van der Waals surface area contributed by atoms with Crippen molar-refractivity contribution in [2.75, 3.05) is 0 Å². The topological polar surface area (TPSA) is 100 Å². The maximum Gasteiger partial charge on any atom is 0.252 e. The quantitative estimate of drug-likeness (QED) is 0.362. The van der Waals surface area contributed by atoms with E-state index in [9.17, 15) is 14.0 Å². The molecule has 3 aromatic carbocycles. The normalized spacial score (nSPS) is 12.2. The van der Waals surface area contributed by atoms with E-state index < -0.39 is 17.8 Å². The number of amides is 1. The lowest BCUT2D eigenvalue weighted by Gasteiger charge is -2.19. The monoisotopic (exact) mass is 485 g/mol. The number of hydrogen-bond donors (Lipinski definition) is 1. The zero-order valence-corrected chi connectivity index (χ0v) is 20.3. The van der Waals surface area contributed by atoms with Crippen LogP contribution in [0.25, 0.3) is 33.2 Å². The second-order valence-corrected chi connectivity index (χ2v) is 8.96. The maximum atomic E-state index is 13.7. The number of halogens is 1. The third-order valence-electron chi connectivity index (χ3n) is 6.22. The van der Waals surface area contributed by atoms with Crippen molar-refractivity contribution in [3.63, 3.8) is 0 Å². The minimum absolute atomic E-state index is 0.0680. The highest BCUT2D eigenvalue weighted by atomic mass is 19.1. The average molecular weight is 486 g/mol. The number of primary amides is 1. The molecule has 1 amide bonds. The summed E-state index contributed by atoms with van der Waals surface area (Å²) in [5, 5.41) is 5.75. The molecule has 0 saturated heterocycles. The van der Waals surface area contributed by atoms with Gasteiger partial charge in [0.25, 0.3) is 5.91 Å². The van der Waals surface area contributed by atoms with Crippen molar-refractivity contribution >= 4 is 27.8 Å². The first-order valence-corrected chi connectivity index (χ1v) is 11.4. The number of aromatic nitrogens is 2. The van der Waals surface area contributed by atoms with E-state index in [1.807, 2.05) is 44.4 Å². The highest BCUT2D eigenvalue weighted by Crippen LogP contribution is 2.34. The van der Waals surface area contributed by atoms with Crippen molar-refractivity contribution in [3.8, 4) is 17.1 Å². The van der Waals surface area contributed by atoms with E-state index >= 15 is 0 Å². The minimum Gasteiger partial charge on any atom is -0.485 e. The lowest BCUT2D eigenvalue weighted by atomic mass is 9.99. The fourth-order valence-electron chi connectivity index (χ4n) is 4.49. The second-order valence-electron chi connectivity index (χ2n) is 8.96. The van der Waals surface area contributed by atoms with Gasteiger partial charge >= 0.3 is 0 Å². The highest BCUT2D eigenvalue weighted by Gasteiger charge is 2.22. The predicted molar refractivity (Wildman–Crippen MR) is 136 cm³/mol. The number of nitrogens with zero attached hydrogens (tertiary/aromatic N) is 2. The van der Waals surface area contributed by atoms with E-state index in [0.717, 1.165) is 28.1 Å². The van der Waals surface area contributed by atoms with Crippen LogP contribution in [0, 0.1) is 19.7 Å². The molecule has 182 valence electrons. The van der Waals surface area contributed by atoms with E-state index in [-0.39, 0.29) is 16.7 Å². The number of hydrogen-bond acceptors (Lipinski definition) is 5. The van der Waals surface area contributed by atoms with Gasteiger partial charge in [-0.05, 0) is 74.9 Å². The lowest BCUT2D eigenvalue weighted by molar-refractivity contribution is 0.0993. The number of aryl methyl sites for hydroxylation is 2. The van der Waals surface area contributed by atoms with Crippen molar-refractivity contribution < 1.29 is 18.3 Å². The zero-order valence-electron chi connectivity index (χ0n) is 20.3. The van der Waals surface area contributed by atoms with Gasteiger partial charge in [-0.25, -0.2) is 4.39 Å². The lowest BCUT2D eigenvalue weighted by Crippen LogP contribution is -2.15. The molecule has 36 heavy (non-hydrogen) atoms. The summed E-state index contributed by atoms with van der Waals surface area (Å²) in [5.74, 6) is -0.805. The number of rotatable bonds is 5. The molecule has 8 heteroatoms. The Labute approximate surface area is 205 Å². The second kappa shape index (κ2) is 8.64. The van der Waals surface area contributed by atoms with E-state index in [1.165, 1.54) is 12.1 Å². The number of carbonyl (C=O) groups is 1. The number of ether oxygens (including phenoxy) is 1. The van der Waals surface area contributed by atoms with Crippen LogP contribution in [-0.4, -0.2) is 15.7 Å². The largest absolute Gasteiger partial charge is 0.485 e. The molecule has 0 spiro atoms. The molecule has 0 unspecified atom stereocenters. The van der Waals surface area contributed by atoms with Crippen LogP contribution in [-0.2, 0) is 7.05 Å². The molecule has 2 N–H and O–H groups in total. The molecule has 0 aliphatic heterocycles. The third-order valence-corrected chi connectivity index (χ3v) is 6.22. The van der Waals surface area contributed by atoms with E-state index in [1.54, 1.807) is 24.6 Å².